The second-order valence-corrected chi connectivity index (χ2v) is 7.85. The van der Waals surface area contributed by atoms with E-state index in [0.717, 1.165) is 17.9 Å². The second kappa shape index (κ2) is 7.82. The van der Waals surface area contributed by atoms with Gasteiger partial charge in [0.2, 0.25) is 0 Å². The van der Waals surface area contributed by atoms with Gasteiger partial charge in [-0.25, -0.2) is 0 Å². The average molecular weight is 280 g/mol. The fourth-order valence-electron chi connectivity index (χ4n) is 4.96. The van der Waals surface area contributed by atoms with Gasteiger partial charge in [0.05, 0.1) is 0 Å². The van der Waals surface area contributed by atoms with Gasteiger partial charge in [-0.15, -0.1) is 0 Å². The van der Waals surface area contributed by atoms with Crippen molar-refractivity contribution in [1.82, 2.24) is 5.32 Å². The lowest BCUT2D eigenvalue weighted by atomic mass is 9.63. The van der Waals surface area contributed by atoms with Crippen LogP contribution in [0.15, 0.2) is 0 Å². The molecule has 0 aliphatic heterocycles. The van der Waals surface area contributed by atoms with E-state index in [-0.39, 0.29) is 0 Å². The summed E-state index contributed by atoms with van der Waals surface area (Å²) in [6, 6.07) is 0.789. The first-order valence-electron chi connectivity index (χ1n) is 9.43. The Morgan fingerprint density at radius 1 is 1.05 bits per heavy atom. The fourth-order valence-corrected chi connectivity index (χ4v) is 4.96. The molecular weight excluding hydrogens is 242 g/mol. The summed E-state index contributed by atoms with van der Waals surface area (Å²) in [4.78, 5) is 0. The highest BCUT2D eigenvalue weighted by atomic mass is 14.9. The first kappa shape index (κ1) is 16.3. The fraction of sp³-hybridized carbons (Fsp3) is 1.00. The largest absolute Gasteiger partial charge is 0.313 e. The average Bonchev–Trinajstić information content (AvgIpc) is 2.48. The molecule has 0 aromatic carbocycles. The van der Waals surface area contributed by atoms with Gasteiger partial charge >= 0.3 is 0 Å². The molecule has 0 aromatic heterocycles. The van der Waals surface area contributed by atoms with Crippen molar-refractivity contribution >= 4 is 0 Å². The highest BCUT2D eigenvalue weighted by Crippen LogP contribution is 2.45. The van der Waals surface area contributed by atoms with E-state index in [1.165, 1.54) is 77.2 Å². The van der Waals surface area contributed by atoms with Gasteiger partial charge in [0, 0.05) is 6.04 Å². The van der Waals surface area contributed by atoms with E-state index in [1.54, 1.807) is 0 Å². The predicted octanol–water partition coefficient (Wildman–Crippen LogP) is 5.54. The molecule has 0 amide bonds. The van der Waals surface area contributed by atoms with E-state index in [0.29, 0.717) is 5.41 Å². The summed E-state index contributed by atoms with van der Waals surface area (Å²) in [5, 5.41) is 3.99. The third kappa shape index (κ3) is 4.00. The second-order valence-electron chi connectivity index (χ2n) is 7.85. The van der Waals surface area contributed by atoms with Gasteiger partial charge < -0.3 is 5.32 Å². The van der Waals surface area contributed by atoms with Gasteiger partial charge in [-0.05, 0) is 55.9 Å². The molecule has 0 aromatic rings. The quantitative estimate of drug-likeness (QED) is 0.673. The van der Waals surface area contributed by atoms with Crippen molar-refractivity contribution in [3.05, 3.63) is 0 Å². The Labute approximate surface area is 127 Å². The van der Waals surface area contributed by atoms with Crippen molar-refractivity contribution in [3.8, 4) is 0 Å². The van der Waals surface area contributed by atoms with E-state index in [9.17, 15) is 0 Å². The number of hydrogen-bond acceptors (Lipinski definition) is 1. The molecule has 0 saturated heterocycles. The van der Waals surface area contributed by atoms with Gasteiger partial charge in [-0.3, -0.25) is 0 Å². The highest BCUT2D eigenvalue weighted by Gasteiger charge is 2.40. The summed E-state index contributed by atoms with van der Waals surface area (Å²) in [5.41, 5.74) is 0.577. The van der Waals surface area contributed by atoms with Crippen molar-refractivity contribution in [2.45, 2.75) is 97.4 Å². The van der Waals surface area contributed by atoms with Crippen molar-refractivity contribution in [2.24, 2.45) is 17.3 Å². The zero-order chi connectivity index (χ0) is 14.4. The highest BCUT2D eigenvalue weighted by molar-refractivity contribution is 4.95. The van der Waals surface area contributed by atoms with Crippen molar-refractivity contribution in [2.75, 3.05) is 6.54 Å². The molecule has 0 radical (unpaired) electrons. The Morgan fingerprint density at radius 3 is 2.45 bits per heavy atom. The van der Waals surface area contributed by atoms with Crippen molar-refractivity contribution in [1.29, 1.82) is 0 Å². The van der Waals surface area contributed by atoms with Gasteiger partial charge in [0.25, 0.3) is 0 Å². The van der Waals surface area contributed by atoms with Crippen molar-refractivity contribution in [3.63, 3.8) is 0 Å². The van der Waals surface area contributed by atoms with E-state index in [1.807, 2.05) is 0 Å². The first-order chi connectivity index (χ1) is 9.69. The lowest BCUT2D eigenvalue weighted by Crippen LogP contribution is -2.50. The van der Waals surface area contributed by atoms with Crippen LogP contribution < -0.4 is 5.32 Å². The zero-order valence-electron chi connectivity index (χ0n) is 14.2. The van der Waals surface area contributed by atoms with Crippen LogP contribution in [-0.4, -0.2) is 12.6 Å². The molecule has 2 saturated carbocycles. The SMILES string of the molecule is CCCNC(C1CCCC(CC)C1)C1(C)CCCCC1. The minimum atomic E-state index is 0.577. The Kier molecular flexibility index (Phi) is 6.39. The summed E-state index contributed by atoms with van der Waals surface area (Å²) >= 11 is 0. The van der Waals surface area contributed by atoms with Crippen LogP contribution in [0.2, 0.25) is 0 Å². The lowest BCUT2D eigenvalue weighted by Gasteiger charge is -2.47. The molecule has 2 fully saturated rings. The molecule has 0 bridgehead atoms. The molecule has 2 aliphatic carbocycles. The molecule has 20 heavy (non-hydrogen) atoms. The Balaban J connectivity index is 2.05. The van der Waals surface area contributed by atoms with Crippen LogP contribution in [-0.2, 0) is 0 Å². The van der Waals surface area contributed by atoms with E-state index in [4.69, 9.17) is 0 Å². The summed E-state index contributed by atoms with van der Waals surface area (Å²) in [7, 11) is 0. The molecule has 1 nitrogen and oxygen atoms in total. The van der Waals surface area contributed by atoms with Crippen LogP contribution >= 0.6 is 0 Å². The maximum Gasteiger partial charge on any atom is 0.0149 e. The molecule has 2 rings (SSSR count). The van der Waals surface area contributed by atoms with Crippen molar-refractivity contribution < 1.29 is 0 Å². The first-order valence-corrected chi connectivity index (χ1v) is 9.43. The van der Waals surface area contributed by atoms with Gasteiger partial charge in [0.1, 0.15) is 0 Å². The van der Waals surface area contributed by atoms with Gasteiger partial charge in [-0.1, -0.05) is 59.3 Å². The van der Waals surface area contributed by atoms with E-state index < -0.39 is 0 Å². The Morgan fingerprint density at radius 2 is 1.80 bits per heavy atom. The molecule has 1 N–H and O–H groups in total. The Bertz CT molecular complexity index is 267. The predicted molar refractivity (Wildman–Crippen MR) is 89.0 cm³/mol. The summed E-state index contributed by atoms with van der Waals surface area (Å²) in [5.74, 6) is 1.95. The summed E-state index contributed by atoms with van der Waals surface area (Å²) in [6.07, 6.45) is 15.9. The van der Waals surface area contributed by atoms with Crippen LogP contribution in [0.1, 0.15) is 91.4 Å². The van der Waals surface area contributed by atoms with E-state index in [2.05, 4.69) is 26.1 Å². The Hall–Kier alpha value is -0.0400. The molecule has 1 heteroatoms. The molecule has 118 valence electrons. The summed E-state index contributed by atoms with van der Waals surface area (Å²) < 4.78 is 0. The molecule has 0 spiro atoms. The number of hydrogen-bond donors (Lipinski definition) is 1. The molecule has 2 aliphatic rings. The molecule has 0 heterocycles. The topological polar surface area (TPSA) is 12.0 Å². The van der Waals surface area contributed by atoms with Gasteiger partial charge in [-0.2, -0.15) is 0 Å². The summed E-state index contributed by atoms with van der Waals surface area (Å²) in [6.45, 7) is 8.51. The van der Waals surface area contributed by atoms with Crippen LogP contribution in [0.4, 0.5) is 0 Å². The van der Waals surface area contributed by atoms with Crippen LogP contribution in [0.5, 0.6) is 0 Å². The van der Waals surface area contributed by atoms with Crippen LogP contribution in [0, 0.1) is 17.3 Å². The minimum Gasteiger partial charge on any atom is -0.313 e. The molecular formula is C19H37N. The number of nitrogens with one attached hydrogen (secondary N) is 1. The standard InChI is InChI=1S/C19H37N/c1-4-14-20-18(19(3)12-7-6-8-13-19)17-11-9-10-16(5-2)15-17/h16-18,20H,4-15H2,1-3H3. The smallest absolute Gasteiger partial charge is 0.0149 e. The normalized spacial score (nSPS) is 31.9. The third-order valence-electron chi connectivity index (χ3n) is 6.23. The lowest BCUT2D eigenvalue weighted by molar-refractivity contribution is 0.0727. The zero-order valence-corrected chi connectivity index (χ0v) is 14.2. The van der Waals surface area contributed by atoms with E-state index >= 15 is 0 Å². The van der Waals surface area contributed by atoms with Crippen LogP contribution in [0.3, 0.4) is 0 Å². The maximum atomic E-state index is 3.99. The van der Waals surface area contributed by atoms with Gasteiger partial charge in [0.15, 0.2) is 0 Å². The molecule has 3 atom stereocenters. The third-order valence-corrected chi connectivity index (χ3v) is 6.23. The van der Waals surface area contributed by atoms with Crippen LogP contribution in [0.25, 0.3) is 0 Å². The number of rotatable bonds is 6. The maximum absolute atomic E-state index is 3.99. The monoisotopic (exact) mass is 279 g/mol. The molecule has 3 unspecified atom stereocenters. The minimum absolute atomic E-state index is 0.577.